The first-order valence-electron chi connectivity index (χ1n) is 3.92. The number of aliphatic imine (C=N–C) groups is 1. The minimum absolute atomic E-state index is 0.534. The van der Waals surface area contributed by atoms with Crippen LogP contribution in [0.3, 0.4) is 0 Å². The highest BCUT2D eigenvalue weighted by molar-refractivity contribution is 6.17. The van der Waals surface area contributed by atoms with Gasteiger partial charge in [-0.3, -0.25) is 4.99 Å². The Balaban J connectivity index is 2.69. The number of hydrogen-bond donors (Lipinski definition) is 1. The quantitative estimate of drug-likeness (QED) is 0.583. The molecule has 0 atom stereocenters. The van der Waals surface area contributed by atoms with E-state index in [1.165, 1.54) is 6.20 Å². The van der Waals surface area contributed by atoms with Crippen molar-refractivity contribution in [1.82, 2.24) is 0 Å². The second kappa shape index (κ2) is 5.38. The highest BCUT2D eigenvalue weighted by atomic mass is 35.5. The first-order chi connectivity index (χ1) is 6.36. The number of hydrogen-bond acceptors (Lipinski definition) is 2. The molecule has 0 aromatic heterocycles. The van der Waals surface area contributed by atoms with Crippen LogP contribution < -0.4 is 5.73 Å². The van der Waals surface area contributed by atoms with Gasteiger partial charge in [0.15, 0.2) is 0 Å². The molecule has 0 aliphatic carbocycles. The zero-order chi connectivity index (χ0) is 9.52. The number of alkyl halides is 1. The van der Waals surface area contributed by atoms with E-state index in [1.54, 1.807) is 12.3 Å². The van der Waals surface area contributed by atoms with Gasteiger partial charge in [-0.15, -0.1) is 11.6 Å². The Kier molecular flexibility index (Phi) is 4.06. The molecule has 68 valence electrons. The monoisotopic (exact) mass is 194 g/mol. The van der Waals surface area contributed by atoms with E-state index in [9.17, 15) is 0 Å². The maximum Gasteiger partial charge on any atom is 0.0629 e. The number of nitrogens with two attached hydrogens (primary N) is 1. The number of nitrogens with zero attached hydrogens (tertiary/aromatic N) is 1. The van der Waals surface area contributed by atoms with E-state index in [1.807, 2.05) is 24.3 Å². The van der Waals surface area contributed by atoms with E-state index in [-0.39, 0.29) is 0 Å². The van der Waals surface area contributed by atoms with Crippen LogP contribution in [-0.2, 0) is 5.88 Å². The van der Waals surface area contributed by atoms with Crippen LogP contribution in [0.2, 0.25) is 0 Å². The van der Waals surface area contributed by atoms with Crippen molar-refractivity contribution in [1.29, 1.82) is 0 Å². The molecule has 2 N–H and O–H groups in total. The van der Waals surface area contributed by atoms with Crippen LogP contribution in [0.1, 0.15) is 5.56 Å². The van der Waals surface area contributed by atoms with Crippen molar-refractivity contribution < 1.29 is 0 Å². The molecule has 1 rings (SSSR count). The summed E-state index contributed by atoms with van der Waals surface area (Å²) in [6.45, 7) is 0. The molecule has 0 spiro atoms. The lowest BCUT2D eigenvalue weighted by atomic mass is 10.2. The summed E-state index contributed by atoms with van der Waals surface area (Å²) < 4.78 is 0. The summed E-state index contributed by atoms with van der Waals surface area (Å²) in [5, 5.41) is 0. The number of benzene rings is 1. The van der Waals surface area contributed by atoms with Crippen molar-refractivity contribution in [3.8, 4) is 0 Å². The lowest BCUT2D eigenvalue weighted by Gasteiger charge is -1.94. The number of halogens is 1. The second-order valence-electron chi connectivity index (χ2n) is 2.46. The Labute approximate surface area is 82.7 Å². The average molecular weight is 195 g/mol. The van der Waals surface area contributed by atoms with Gasteiger partial charge in [0, 0.05) is 12.1 Å². The number of allylic oxidation sites excluding steroid dienone is 1. The average Bonchev–Trinajstić information content (AvgIpc) is 2.19. The maximum absolute atomic E-state index is 5.64. The molecule has 2 nitrogen and oxygen atoms in total. The Morgan fingerprint density at radius 2 is 2.00 bits per heavy atom. The number of rotatable bonds is 3. The largest absolute Gasteiger partial charge is 0.405 e. The third-order valence-electron chi connectivity index (χ3n) is 1.51. The minimum atomic E-state index is 0.534. The van der Waals surface area contributed by atoms with E-state index in [0.717, 1.165) is 11.3 Å². The molecule has 13 heavy (non-hydrogen) atoms. The lowest BCUT2D eigenvalue weighted by Crippen LogP contribution is -1.77. The van der Waals surface area contributed by atoms with Crippen LogP contribution in [0.25, 0.3) is 0 Å². The smallest absolute Gasteiger partial charge is 0.0629 e. The molecule has 3 heteroatoms. The van der Waals surface area contributed by atoms with Gasteiger partial charge in [-0.05, 0) is 30.0 Å². The van der Waals surface area contributed by atoms with Gasteiger partial charge in [-0.25, -0.2) is 0 Å². The predicted octanol–water partition coefficient (Wildman–Crippen LogP) is 2.60. The van der Waals surface area contributed by atoms with Gasteiger partial charge >= 0.3 is 0 Å². The van der Waals surface area contributed by atoms with Crippen LogP contribution in [0.15, 0.2) is 41.5 Å². The zero-order valence-corrected chi connectivity index (χ0v) is 7.91. The fourth-order valence-corrected chi connectivity index (χ4v) is 1.03. The van der Waals surface area contributed by atoms with E-state index < -0.39 is 0 Å². The van der Waals surface area contributed by atoms with Crippen molar-refractivity contribution in [2.75, 3.05) is 0 Å². The molecule has 0 saturated heterocycles. The molecule has 0 aliphatic heterocycles. The summed E-state index contributed by atoms with van der Waals surface area (Å²) in [6, 6.07) is 7.73. The predicted molar refractivity (Wildman–Crippen MR) is 57.5 cm³/mol. The van der Waals surface area contributed by atoms with Gasteiger partial charge in [0.2, 0.25) is 0 Å². The zero-order valence-electron chi connectivity index (χ0n) is 7.15. The first kappa shape index (κ1) is 9.81. The molecule has 0 unspecified atom stereocenters. The summed E-state index contributed by atoms with van der Waals surface area (Å²) in [5.74, 6) is 0.534. The summed E-state index contributed by atoms with van der Waals surface area (Å²) in [6.07, 6.45) is 4.77. The summed E-state index contributed by atoms with van der Waals surface area (Å²) in [5.41, 5.74) is 7.14. The van der Waals surface area contributed by atoms with E-state index in [2.05, 4.69) is 4.99 Å². The van der Waals surface area contributed by atoms with Crippen molar-refractivity contribution in [3.05, 3.63) is 42.1 Å². The van der Waals surface area contributed by atoms with Crippen LogP contribution in [0.5, 0.6) is 0 Å². The molecule has 1 aromatic carbocycles. The van der Waals surface area contributed by atoms with Gasteiger partial charge < -0.3 is 5.73 Å². The van der Waals surface area contributed by atoms with Crippen molar-refractivity contribution >= 4 is 23.5 Å². The van der Waals surface area contributed by atoms with Gasteiger partial charge in [0.25, 0.3) is 0 Å². The van der Waals surface area contributed by atoms with E-state index in [0.29, 0.717) is 5.88 Å². The molecule has 0 bridgehead atoms. The third kappa shape index (κ3) is 3.30. The Morgan fingerprint density at radius 3 is 2.54 bits per heavy atom. The fraction of sp³-hybridized carbons (Fsp3) is 0.100. The standard InChI is InChI=1S/C10H11ClN2/c11-8-9-2-4-10(5-3-9)13-7-1-6-12/h1-7H,8,12H2. The SMILES string of the molecule is NC=CC=Nc1ccc(CCl)cc1. The Morgan fingerprint density at radius 1 is 1.31 bits per heavy atom. The van der Waals surface area contributed by atoms with Crippen molar-refractivity contribution in [3.63, 3.8) is 0 Å². The van der Waals surface area contributed by atoms with E-state index in [4.69, 9.17) is 17.3 Å². The highest BCUT2D eigenvalue weighted by Crippen LogP contribution is 2.13. The molecule has 0 fully saturated rings. The topological polar surface area (TPSA) is 38.4 Å². The first-order valence-corrected chi connectivity index (χ1v) is 4.46. The highest BCUT2D eigenvalue weighted by Gasteiger charge is 1.89. The summed E-state index contributed by atoms with van der Waals surface area (Å²) >= 11 is 5.64. The second-order valence-corrected chi connectivity index (χ2v) is 2.73. The lowest BCUT2D eigenvalue weighted by molar-refractivity contribution is 1.39. The molecule has 0 amide bonds. The molecule has 1 aromatic rings. The van der Waals surface area contributed by atoms with Crippen LogP contribution in [0.4, 0.5) is 5.69 Å². The van der Waals surface area contributed by atoms with Gasteiger partial charge in [0.1, 0.15) is 0 Å². The van der Waals surface area contributed by atoms with E-state index >= 15 is 0 Å². The van der Waals surface area contributed by atoms with Crippen LogP contribution >= 0.6 is 11.6 Å². The van der Waals surface area contributed by atoms with Gasteiger partial charge in [-0.1, -0.05) is 12.1 Å². The molecule has 0 aliphatic rings. The summed E-state index contributed by atoms with van der Waals surface area (Å²) in [4.78, 5) is 4.14. The van der Waals surface area contributed by atoms with Crippen molar-refractivity contribution in [2.45, 2.75) is 5.88 Å². The fourth-order valence-electron chi connectivity index (χ4n) is 0.850. The molecular formula is C10H11ClN2. The molecular weight excluding hydrogens is 184 g/mol. The summed E-state index contributed by atoms with van der Waals surface area (Å²) in [7, 11) is 0. The van der Waals surface area contributed by atoms with Gasteiger partial charge in [-0.2, -0.15) is 0 Å². The maximum atomic E-state index is 5.64. The third-order valence-corrected chi connectivity index (χ3v) is 1.82. The normalized spacial score (nSPS) is 11.5. The van der Waals surface area contributed by atoms with Crippen molar-refractivity contribution in [2.24, 2.45) is 10.7 Å². The van der Waals surface area contributed by atoms with Crippen LogP contribution in [0, 0.1) is 0 Å². The molecule has 0 radical (unpaired) electrons. The Bertz CT molecular complexity index is 301. The molecule has 0 heterocycles. The Hall–Kier alpha value is -1.28. The molecule has 0 saturated carbocycles. The van der Waals surface area contributed by atoms with Gasteiger partial charge in [0.05, 0.1) is 5.69 Å². The minimum Gasteiger partial charge on any atom is -0.405 e. The van der Waals surface area contributed by atoms with Crippen LogP contribution in [-0.4, -0.2) is 6.21 Å².